The van der Waals surface area contributed by atoms with E-state index in [0.717, 1.165) is 24.0 Å². The standard InChI is InChI=1S/C25H31N3O6S/c1-3-35(32,33)26-21-6-4-5-19(14-21)20-7-8-22-23(15-20)27(25(30)31)16-17(2)28(22)24(29)13-18-9-11-34-12-10-18/h4-8,14-15,17-18,26H,3,9-13,16H2,1-2H3,(H,30,31)/t17-/m0/s1. The van der Waals surface area contributed by atoms with E-state index >= 15 is 0 Å². The first kappa shape index (κ1) is 25.0. The Kier molecular flexibility index (Phi) is 7.32. The Labute approximate surface area is 205 Å². The van der Waals surface area contributed by atoms with Crippen LogP contribution in [0.1, 0.15) is 33.1 Å². The smallest absolute Gasteiger partial charge is 0.411 e. The molecule has 0 bridgehead atoms. The summed E-state index contributed by atoms with van der Waals surface area (Å²) < 4.78 is 31.9. The molecule has 0 unspecified atom stereocenters. The van der Waals surface area contributed by atoms with Crippen LogP contribution in [0.3, 0.4) is 0 Å². The number of amides is 2. The predicted octanol–water partition coefficient (Wildman–Crippen LogP) is 4.15. The number of benzene rings is 2. The molecule has 35 heavy (non-hydrogen) atoms. The number of anilines is 3. The summed E-state index contributed by atoms with van der Waals surface area (Å²) in [5.74, 6) is 0.206. The van der Waals surface area contributed by atoms with E-state index in [4.69, 9.17) is 4.74 Å². The van der Waals surface area contributed by atoms with Crippen LogP contribution in [0.25, 0.3) is 11.1 Å². The van der Waals surface area contributed by atoms with Gasteiger partial charge in [-0.15, -0.1) is 0 Å². The quantitative estimate of drug-likeness (QED) is 0.614. The molecule has 1 saturated heterocycles. The monoisotopic (exact) mass is 501 g/mol. The molecule has 2 amide bonds. The lowest BCUT2D eigenvalue weighted by Crippen LogP contribution is -2.52. The zero-order valence-electron chi connectivity index (χ0n) is 19.9. The third-order valence-corrected chi connectivity index (χ3v) is 7.87. The number of fused-ring (bicyclic) bond motifs is 1. The highest BCUT2D eigenvalue weighted by molar-refractivity contribution is 7.92. The lowest BCUT2D eigenvalue weighted by atomic mass is 9.94. The van der Waals surface area contributed by atoms with Gasteiger partial charge in [0.05, 0.1) is 23.2 Å². The van der Waals surface area contributed by atoms with Gasteiger partial charge in [0.25, 0.3) is 0 Å². The second kappa shape index (κ2) is 10.2. The van der Waals surface area contributed by atoms with Crippen LogP contribution in [0, 0.1) is 5.92 Å². The molecular weight excluding hydrogens is 470 g/mol. The molecule has 9 nitrogen and oxygen atoms in total. The van der Waals surface area contributed by atoms with Crippen LogP contribution in [0.4, 0.5) is 21.9 Å². The van der Waals surface area contributed by atoms with Gasteiger partial charge in [0.1, 0.15) is 0 Å². The van der Waals surface area contributed by atoms with Crippen molar-refractivity contribution < 1.29 is 27.9 Å². The van der Waals surface area contributed by atoms with Gasteiger partial charge >= 0.3 is 6.09 Å². The van der Waals surface area contributed by atoms with Gasteiger partial charge in [-0.2, -0.15) is 0 Å². The summed E-state index contributed by atoms with van der Waals surface area (Å²) in [4.78, 5) is 28.4. The van der Waals surface area contributed by atoms with Crippen molar-refractivity contribution in [3.05, 3.63) is 42.5 Å². The van der Waals surface area contributed by atoms with Crippen LogP contribution < -0.4 is 14.5 Å². The normalized spacial score (nSPS) is 18.7. The molecule has 2 aromatic rings. The first-order chi connectivity index (χ1) is 16.7. The fraction of sp³-hybridized carbons (Fsp3) is 0.440. The Hall–Kier alpha value is -3.11. The number of nitrogens with zero attached hydrogens (tertiary/aromatic N) is 2. The number of ether oxygens (including phenoxy) is 1. The third kappa shape index (κ3) is 5.59. The Morgan fingerprint density at radius 3 is 2.49 bits per heavy atom. The second-order valence-corrected chi connectivity index (χ2v) is 11.1. The van der Waals surface area contributed by atoms with Crippen LogP contribution in [0.2, 0.25) is 0 Å². The number of nitrogens with one attached hydrogen (secondary N) is 1. The van der Waals surface area contributed by atoms with Crippen LogP contribution >= 0.6 is 0 Å². The minimum Gasteiger partial charge on any atom is -0.465 e. The first-order valence-corrected chi connectivity index (χ1v) is 13.5. The average molecular weight is 502 g/mol. The molecule has 2 aromatic carbocycles. The van der Waals surface area contributed by atoms with Crippen molar-refractivity contribution in [2.45, 2.75) is 39.2 Å². The van der Waals surface area contributed by atoms with Gasteiger partial charge in [-0.1, -0.05) is 18.2 Å². The van der Waals surface area contributed by atoms with Crippen molar-refractivity contribution in [1.29, 1.82) is 0 Å². The highest BCUT2D eigenvalue weighted by Gasteiger charge is 2.36. The largest absolute Gasteiger partial charge is 0.465 e. The van der Waals surface area contributed by atoms with E-state index < -0.39 is 16.1 Å². The summed E-state index contributed by atoms with van der Waals surface area (Å²) in [5, 5.41) is 9.88. The van der Waals surface area contributed by atoms with Crippen LogP contribution in [-0.2, 0) is 19.6 Å². The van der Waals surface area contributed by atoms with Gasteiger partial charge in [0.2, 0.25) is 15.9 Å². The minimum atomic E-state index is -3.43. The van der Waals surface area contributed by atoms with E-state index in [2.05, 4.69) is 4.72 Å². The maximum atomic E-state index is 13.3. The van der Waals surface area contributed by atoms with Crippen molar-refractivity contribution in [2.24, 2.45) is 5.92 Å². The van der Waals surface area contributed by atoms with Crippen LogP contribution in [0.5, 0.6) is 0 Å². The zero-order valence-corrected chi connectivity index (χ0v) is 20.8. The van der Waals surface area contributed by atoms with E-state index in [9.17, 15) is 23.1 Å². The molecule has 4 rings (SSSR count). The maximum absolute atomic E-state index is 13.3. The van der Waals surface area contributed by atoms with Gasteiger partial charge in [-0.25, -0.2) is 13.2 Å². The highest BCUT2D eigenvalue weighted by atomic mass is 32.2. The molecule has 0 aromatic heterocycles. The van der Waals surface area contributed by atoms with E-state index in [1.54, 1.807) is 42.2 Å². The van der Waals surface area contributed by atoms with Crippen LogP contribution in [0.15, 0.2) is 42.5 Å². The van der Waals surface area contributed by atoms with E-state index in [0.29, 0.717) is 36.7 Å². The topological polar surface area (TPSA) is 116 Å². The van der Waals surface area contributed by atoms with Gasteiger partial charge in [-0.05, 0) is 68.0 Å². The number of carbonyl (C=O) groups is 2. The Bertz CT molecular complexity index is 1210. The molecule has 1 atom stereocenters. The number of carboxylic acid groups (broad SMARTS) is 1. The van der Waals surface area contributed by atoms with Crippen molar-refractivity contribution >= 4 is 39.1 Å². The summed E-state index contributed by atoms with van der Waals surface area (Å²) >= 11 is 0. The summed E-state index contributed by atoms with van der Waals surface area (Å²) in [5.41, 5.74) is 2.88. The van der Waals surface area contributed by atoms with Crippen molar-refractivity contribution in [3.8, 4) is 11.1 Å². The van der Waals surface area contributed by atoms with Gasteiger partial charge < -0.3 is 14.7 Å². The SMILES string of the molecule is CCS(=O)(=O)Nc1cccc(-c2ccc3c(c2)N(C(=O)O)C[C@H](C)N3C(=O)CC2CCOCC2)c1. The molecule has 0 radical (unpaired) electrons. The molecule has 0 spiro atoms. The van der Waals surface area contributed by atoms with E-state index in [-0.39, 0.29) is 30.2 Å². The fourth-order valence-corrected chi connectivity index (χ4v) is 5.31. The maximum Gasteiger partial charge on any atom is 0.411 e. The summed E-state index contributed by atoms with van der Waals surface area (Å²) in [7, 11) is -3.43. The molecule has 0 saturated carbocycles. The average Bonchev–Trinajstić information content (AvgIpc) is 2.83. The second-order valence-electron chi connectivity index (χ2n) is 9.06. The number of hydrogen-bond donors (Lipinski definition) is 2. The zero-order chi connectivity index (χ0) is 25.2. The van der Waals surface area contributed by atoms with Crippen LogP contribution in [-0.4, -0.2) is 57.1 Å². The van der Waals surface area contributed by atoms with Gasteiger partial charge in [0.15, 0.2) is 0 Å². The summed E-state index contributed by atoms with van der Waals surface area (Å²) in [6.45, 7) is 4.91. The minimum absolute atomic E-state index is 0.0144. The Balaban J connectivity index is 1.68. The van der Waals surface area contributed by atoms with E-state index in [1.807, 2.05) is 19.1 Å². The Morgan fingerprint density at radius 1 is 1.09 bits per heavy atom. The highest BCUT2D eigenvalue weighted by Crippen LogP contribution is 2.40. The molecule has 1 fully saturated rings. The number of sulfonamides is 1. The Morgan fingerprint density at radius 2 is 1.80 bits per heavy atom. The van der Waals surface area contributed by atoms with Gasteiger partial charge in [-0.3, -0.25) is 14.4 Å². The summed E-state index contributed by atoms with van der Waals surface area (Å²) in [6.07, 6.45) is 1.01. The van der Waals surface area contributed by atoms with Gasteiger partial charge in [0, 0.05) is 31.9 Å². The molecule has 2 N–H and O–H groups in total. The third-order valence-electron chi connectivity index (χ3n) is 6.57. The lowest BCUT2D eigenvalue weighted by molar-refractivity contribution is -0.120. The fourth-order valence-electron chi connectivity index (χ4n) is 4.68. The predicted molar refractivity (Wildman–Crippen MR) is 135 cm³/mol. The molecule has 2 aliphatic rings. The lowest BCUT2D eigenvalue weighted by Gasteiger charge is -2.41. The van der Waals surface area contributed by atoms with Crippen molar-refractivity contribution in [2.75, 3.05) is 40.0 Å². The van der Waals surface area contributed by atoms with Crippen molar-refractivity contribution in [1.82, 2.24) is 0 Å². The molecule has 0 aliphatic carbocycles. The molecular formula is C25H31N3O6S. The van der Waals surface area contributed by atoms with Crippen molar-refractivity contribution in [3.63, 3.8) is 0 Å². The molecule has 2 heterocycles. The number of hydrogen-bond acceptors (Lipinski definition) is 5. The number of carbonyl (C=O) groups excluding carboxylic acids is 1. The summed E-state index contributed by atoms with van der Waals surface area (Å²) in [6, 6.07) is 12.0. The molecule has 10 heteroatoms. The first-order valence-electron chi connectivity index (χ1n) is 11.8. The number of rotatable bonds is 6. The molecule has 188 valence electrons. The molecule has 2 aliphatic heterocycles. The van der Waals surface area contributed by atoms with E-state index in [1.165, 1.54) is 4.90 Å².